The lowest BCUT2D eigenvalue weighted by atomic mass is 9.92. The van der Waals surface area contributed by atoms with E-state index in [1.54, 1.807) is 12.5 Å². The summed E-state index contributed by atoms with van der Waals surface area (Å²) in [6.07, 6.45) is 3.23. The second kappa shape index (κ2) is 5.97. The van der Waals surface area contributed by atoms with Crippen LogP contribution in [0.2, 0.25) is 0 Å². The molecule has 1 unspecified atom stereocenters. The molecular weight excluding hydrogens is 342 g/mol. The Hall–Kier alpha value is -3.09. The van der Waals surface area contributed by atoms with Crippen LogP contribution in [-0.2, 0) is 17.4 Å². The van der Waals surface area contributed by atoms with Gasteiger partial charge in [0.25, 0.3) is 0 Å². The Morgan fingerprint density at radius 3 is 2.78 bits per heavy atom. The number of aromatic nitrogens is 3. The fraction of sp³-hybridized carbons (Fsp3) is 0.350. The summed E-state index contributed by atoms with van der Waals surface area (Å²) in [6.45, 7) is 5.51. The van der Waals surface area contributed by atoms with Crippen LogP contribution in [0.5, 0.6) is 5.88 Å². The van der Waals surface area contributed by atoms with Gasteiger partial charge >= 0.3 is 0 Å². The molecule has 0 fully saturated rings. The predicted molar refractivity (Wildman–Crippen MR) is 104 cm³/mol. The van der Waals surface area contributed by atoms with Crippen molar-refractivity contribution in [2.24, 2.45) is 7.05 Å². The average Bonchev–Trinajstić information content (AvgIpc) is 3.14. The van der Waals surface area contributed by atoms with E-state index in [1.165, 1.54) is 6.92 Å². The van der Waals surface area contributed by atoms with Gasteiger partial charge in [0.15, 0.2) is 0 Å². The van der Waals surface area contributed by atoms with Crippen LogP contribution >= 0.6 is 0 Å². The molecule has 1 aliphatic heterocycles. The second-order valence-electron chi connectivity index (χ2n) is 7.51. The first-order valence-electron chi connectivity index (χ1n) is 8.86. The van der Waals surface area contributed by atoms with Crippen molar-refractivity contribution in [2.75, 3.05) is 11.9 Å². The third-order valence-corrected chi connectivity index (χ3v) is 5.01. The molecule has 0 saturated carbocycles. The molecule has 4 rings (SSSR count). The van der Waals surface area contributed by atoms with Crippen LogP contribution in [0.1, 0.15) is 38.1 Å². The van der Waals surface area contributed by atoms with Crippen molar-refractivity contribution in [2.45, 2.75) is 32.5 Å². The Morgan fingerprint density at radius 2 is 2.04 bits per heavy atom. The number of carbonyl (C=O) groups excluding carboxylic acids is 1. The first-order valence-corrected chi connectivity index (χ1v) is 8.86. The van der Waals surface area contributed by atoms with E-state index in [0.717, 1.165) is 27.8 Å². The summed E-state index contributed by atoms with van der Waals surface area (Å²) >= 11 is 0. The highest BCUT2D eigenvalue weighted by Crippen LogP contribution is 2.45. The Kier molecular flexibility index (Phi) is 3.83. The molecule has 0 spiro atoms. The molecule has 0 bridgehead atoms. The van der Waals surface area contributed by atoms with Gasteiger partial charge in [-0.1, -0.05) is 18.2 Å². The molecule has 27 heavy (non-hydrogen) atoms. The lowest BCUT2D eigenvalue weighted by molar-refractivity contribution is -0.120. The number of hydrogen-bond acceptors (Lipinski definition) is 5. The highest BCUT2D eigenvalue weighted by atomic mass is 16.5. The number of fused-ring (bicyclic) bond motifs is 3. The second-order valence-corrected chi connectivity index (χ2v) is 7.51. The quantitative estimate of drug-likeness (QED) is 0.773. The SMILES string of the molecule is CC(=O)NC(C)(C)c1cccc(C2Oc3ncc4ncn(C)c4c3N2C)c1. The molecule has 1 atom stereocenters. The lowest BCUT2D eigenvalue weighted by Crippen LogP contribution is -2.39. The van der Waals surface area contributed by atoms with Crippen LogP contribution in [0.25, 0.3) is 11.0 Å². The van der Waals surface area contributed by atoms with Gasteiger partial charge in [-0.2, -0.15) is 0 Å². The topological polar surface area (TPSA) is 72.3 Å². The molecular formula is C20H23N5O2. The molecule has 3 aromatic rings. The molecule has 7 nitrogen and oxygen atoms in total. The number of carbonyl (C=O) groups is 1. The van der Waals surface area contributed by atoms with E-state index in [9.17, 15) is 4.79 Å². The number of pyridine rings is 1. The third-order valence-electron chi connectivity index (χ3n) is 5.01. The van der Waals surface area contributed by atoms with Crippen molar-refractivity contribution >= 4 is 22.6 Å². The van der Waals surface area contributed by atoms with Crippen LogP contribution in [0.4, 0.5) is 5.69 Å². The molecule has 2 aromatic heterocycles. The first kappa shape index (κ1) is 17.3. The van der Waals surface area contributed by atoms with E-state index >= 15 is 0 Å². The van der Waals surface area contributed by atoms with Crippen molar-refractivity contribution in [3.05, 3.63) is 47.9 Å². The van der Waals surface area contributed by atoms with Crippen LogP contribution in [0.3, 0.4) is 0 Å². The largest absolute Gasteiger partial charge is 0.448 e. The molecule has 1 amide bonds. The van der Waals surface area contributed by atoms with Gasteiger partial charge in [-0.3, -0.25) is 4.79 Å². The molecule has 0 saturated heterocycles. The maximum atomic E-state index is 11.5. The highest BCUT2D eigenvalue weighted by molar-refractivity contribution is 5.92. The van der Waals surface area contributed by atoms with Crippen LogP contribution in [0, 0.1) is 0 Å². The van der Waals surface area contributed by atoms with E-state index in [-0.39, 0.29) is 12.1 Å². The van der Waals surface area contributed by atoms with E-state index < -0.39 is 5.54 Å². The maximum Gasteiger partial charge on any atom is 0.242 e. The summed E-state index contributed by atoms with van der Waals surface area (Å²) in [5.41, 5.74) is 4.32. The number of nitrogens with zero attached hydrogens (tertiary/aromatic N) is 4. The van der Waals surface area contributed by atoms with Gasteiger partial charge < -0.3 is 19.5 Å². The van der Waals surface area contributed by atoms with Gasteiger partial charge in [0, 0.05) is 26.6 Å². The van der Waals surface area contributed by atoms with Crippen molar-refractivity contribution in [3.63, 3.8) is 0 Å². The number of nitrogens with one attached hydrogen (secondary N) is 1. The predicted octanol–water partition coefficient (Wildman–Crippen LogP) is 2.87. The fourth-order valence-corrected chi connectivity index (χ4v) is 3.70. The normalized spacial score (nSPS) is 16.3. The first-order chi connectivity index (χ1) is 12.8. The fourth-order valence-electron chi connectivity index (χ4n) is 3.70. The maximum absolute atomic E-state index is 11.5. The summed E-state index contributed by atoms with van der Waals surface area (Å²) in [6, 6.07) is 8.10. The van der Waals surface area contributed by atoms with Gasteiger partial charge in [-0.15, -0.1) is 0 Å². The summed E-state index contributed by atoms with van der Waals surface area (Å²) in [5.74, 6) is 0.542. The standard InChI is InChI=1S/C20H23N5O2/c1-12(26)23-20(2,3)14-8-6-7-13(9-14)19-25(5)17-16-15(22-11-24(16)4)10-21-18(17)27-19/h6-11,19H,1-5H3,(H,23,26). The van der Waals surface area contributed by atoms with Gasteiger partial charge in [0.2, 0.25) is 18.0 Å². The summed E-state index contributed by atoms with van der Waals surface area (Å²) in [5, 5.41) is 2.99. The number of benzene rings is 1. The Balaban J connectivity index is 1.73. The molecule has 140 valence electrons. The van der Waals surface area contributed by atoms with Crippen molar-refractivity contribution in [3.8, 4) is 5.88 Å². The average molecular weight is 365 g/mol. The van der Waals surface area contributed by atoms with E-state index in [4.69, 9.17) is 4.74 Å². The summed E-state index contributed by atoms with van der Waals surface area (Å²) < 4.78 is 8.15. The zero-order chi connectivity index (χ0) is 19.3. The minimum Gasteiger partial charge on any atom is -0.448 e. The number of amides is 1. The monoisotopic (exact) mass is 365 g/mol. The Bertz CT molecular complexity index is 1040. The zero-order valence-corrected chi connectivity index (χ0v) is 16.1. The summed E-state index contributed by atoms with van der Waals surface area (Å²) in [7, 11) is 3.96. The van der Waals surface area contributed by atoms with Gasteiger partial charge in [-0.25, -0.2) is 9.97 Å². The smallest absolute Gasteiger partial charge is 0.242 e. The minimum atomic E-state index is -0.473. The van der Waals surface area contributed by atoms with Crippen LogP contribution in [-0.4, -0.2) is 27.5 Å². The number of rotatable bonds is 3. The Labute approximate surface area is 158 Å². The third kappa shape index (κ3) is 2.79. The molecule has 1 aromatic carbocycles. The van der Waals surface area contributed by atoms with Crippen molar-refractivity contribution < 1.29 is 9.53 Å². The highest BCUT2D eigenvalue weighted by Gasteiger charge is 2.34. The van der Waals surface area contributed by atoms with Gasteiger partial charge in [-0.05, 0) is 25.5 Å². The van der Waals surface area contributed by atoms with Crippen molar-refractivity contribution in [1.29, 1.82) is 0 Å². The molecule has 0 aliphatic carbocycles. The molecule has 1 aliphatic rings. The number of anilines is 1. The van der Waals surface area contributed by atoms with Gasteiger partial charge in [0.1, 0.15) is 11.2 Å². The number of ether oxygens (including phenoxy) is 1. The minimum absolute atomic E-state index is 0.0603. The van der Waals surface area contributed by atoms with Crippen LogP contribution in [0.15, 0.2) is 36.8 Å². The molecule has 7 heteroatoms. The molecule has 0 radical (unpaired) electrons. The number of aryl methyl sites for hydroxylation is 1. The summed E-state index contributed by atoms with van der Waals surface area (Å²) in [4.78, 5) is 22.4. The number of hydrogen-bond donors (Lipinski definition) is 1. The van der Waals surface area contributed by atoms with E-state index in [2.05, 4.69) is 26.3 Å². The Morgan fingerprint density at radius 1 is 1.26 bits per heavy atom. The van der Waals surface area contributed by atoms with Gasteiger partial charge in [0.05, 0.1) is 23.6 Å². The molecule has 1 N–H and O–H groups in total. The van der Waals surface area contributed by atoms with E-state index in [1.807, 2.05) is 50.7 Å². The number of imidazole rings is 1. The zero-order valence-electron chi connectivity index (χ0n) is 16.1. The van der Waals surface area contributed by atoms with E-state index in [0.29, 0.717) is 5.88 Å². The lowest BCUT2D eigenvalue weighted by Gasteiger charge is -2.28. The van der Waals surface area contributed by atoms with Crippen LogP contribution < -0.4 is 15.0 Å². The van der Waals surface area contributed by atoms with Crippen molar-refractivity contribution in [1.82, 2.24) is 19.9 Å². The molecule has 3 heterocycles.